The monoisotopic (exact) mass is 486 g/mol. The predicted molar refractivity (Wildman–Crippen MR) is 114 cm³/mol. The van der Waals surface area contributed by atoms with Crippen LogP contribution in [0, 0.1) is 13.8 Å². The van der Waals surface area contributed by atoms with E-state index in [9.17, 15) is 19.5 Å². The fourth-order valence-corrected chi connectivity index (χ4v) is 4.61. The van der Waals surface area contributed by atoms with Gasteiger partial charge >= 0.3 is 5.97 Å². The second kappa shape index (κ2) is 10.9. The molecule has 1 aliphatic rings. The standard InChI is InChI=1S/C20H26N4O6S.ClH/c1-12-10-30-23-19(12)22-16(27)9-24(6-4-14(25)5-7-24)8-15(26)21-17-13(2)11-31-18(17)20(28)29-3;/h10-11,14,25H,4-9H2,1-3H3,(H-,21,22,23,26,27,28);1H. The number of nitrogens with one attached hydrogen (secondary N) is 2. The Kier molecular flexibility index (Phi) is 8.79. The number of ether oxygens (including phenoxy) is 1. The normalized spacial score (nSPS) is 20.2. The number of carbonyl (C=O) groups excluding carboxylic acids is 3. The molecular weight excluding hydrogens is 460 g/mol. The number of rotatable bonds is 7. The summed E-state index contributed by atoms with van der Waals surface area (Å²) in [5.74, 6) is -0.765. The van der Waals surface area contributed by atoms with Gasteiger partial charge in [0.05, 0.1) is 32.0 Å². The number of anilines is 2. The van der Waals surface area contributed by atoms with Gasteiger partial charge in [-0.3, -0.25) is 9.59 Å². The molecule has 0 aliphatic carbocycles. The Hall–Kier alpha value is -2.47. The lowest BCUT2D eigenvalue weighted by atomic mass is 10.0. The van der Waals surface area contributed by atoms with Crippen LogP contribution in [0.25, 0.3) is 0 Å². The highest BCUT2D eigenvalue weighted by molar-refractivity contribution is 7.12. The smallest absolute Gasteiger partial charge is 0.350 e. The first kappa shape index (κ1) is 25.8. The average molecular weight is 487 g/mol. The van der Waals surface area contributed by atoms with E-state index >= 15 is 0 Å². The highest BCUT2D eigenvalue weighted by Gasteiger charge is 2.38. The summed E-state index contributed by atoms with van der Waals surface area (Å²) in [5, 5.41) is 21.0. The number of methoxy groups -OCH3 is 1. The maximum absolute atomic E-state index is 12.9. The lowest BCUT2D eigenvalue weighted by Crippen LogP contribution is -3.00. The number of aliphatic hydroxyl groups excluding tert-OH is 1. The zero-order chi connectivity index (χ0) is 22.6. The summed E-state index contributed by atoms with van der Waals surface area (Å²) in [6.07, 6.45) is 1.98. The van der Waals surface area contributed by atoms with Gasteiger partial charge in [-0.05, 0) is 24.8 Å². The number of amides is 2. The van der Waals surface area contributed by atoms with Crippen molar-refractivity contribution in [3.8, 4) is 0 Å². The van der Waals surface area contributed by atoms with Crippen LogP contribution in [0.1, 0.15) is 33.6 Å². The van der Waals surface area contributed by atoms with E-state index in [-0.39, 0.29) is 41.8 Å². The third-order valence-corrected chi connectivity index (χ3v) is 6.52. The van der Waals surface area contributed by atoms with Crippen LogP contribution in [0.2, 0.25) is 0 Å². The number of thiophene rings is 1. The van der Waals surface area contributed by atoms with Crippen LogP contribution < -0.4 is 23.0 Å². The molecule has 2 aromatic heterocycles. The third-order valence-electron chi connectivity index (χ3n) is 5.45. The molecular formula is C20H27ClN4O6S. The van der Waals surface area contributed by atoms with Gasteiger partial charge in [-0.25, -0.2) is 4.79 Å². The number of aromatic nitrogens is 1. The van der Waals surface area contributed by atoms with E-state index in [1.165, 1.54) is 24.7 Å². The minimum atomic E-state index is -0.513. The highest BCUT2D eigenvalue weighted by atomic mass is 35.5. The highest BCUT2D eigenvalue weighted by Crippen LogP contribution is 2.29. The number of hydrogen-bond acceptors (Lipinski definition) is 8. The lowest BCUT2D eigenvalue weighted by Gasteiger charge is -2.41. The van der Waals surface area contributed by atoms with E-state index in [4.69, 9.17) is 9.26 Å². The van der Waals surface area contributed by atoms with Gasteiger partial charge in [-0.1, -0.05) is 5.16 Å². The average Bonchev–Trinajstić information content (AvgIpc) is 3.29. The summed E-state index contributed by atoms with van der Waals surface area (Å²) in [6, 6.07) is 0. The number of piperidine rings is 1. The van der Waals surface area contributed by atoms with Gasteiger partial charge in [0, 0.05) is 18.4 Å². The summed E-state index contributed by atoms with van der Waals surface area (Å²) >= 11 is 1.20. The topological polar surface area (TPSA) is 131 Å². The second-order valence-electron chi connectivity index (χ2n) is 7.89. The maximum Gasteiger partial charge on any atom is 0.350 e. The molecule has 32 heavy (non-hydrogen) atoms. The number of esters is 1. The first-order valence-corrected chi connectivity index (χ1v) is 10.8. The number of likely N-dealkylation sites (tertiary alicyclic amines) is 1. The molecule has 2 aromatic rings. The molecule has 0 bridgehead atoms. The Balaban J connectivity index is 0.00000363. The lowest BCUT2D eigenvalue weighted by molar-refractivity contribution is -0.918. The van der Waals surface area contributed by atoms with Gasteiger partial charge in [0.2, 0.25) is 0 Å². The molecule has 176 valence electrons. The molecule has 1 aliphatic heterocycles. The number of aliphatic hydroxyl groups is 1. The molecule has 10 nitrogen and oxygen atoms in total. The number of quaternary nitrogens is 1. The van der Waals surface area contributed by atoms with Crippen LogP contribution in [-0.4, -0.2) is 71.9 Å². The number of aryl methyl sites for hydroxylation is 2. The third kappa shape index (κ3) is 6.06. The first-order valence-electron chi connectivity index (χ1n) is 9.93. The first-order chi connectivity index (χ1) is 14.7. The molecule has 0 spiro atoms. The molecule has 0 unspecified atom stereocenters. The zero-order valence-corrected chi connectivity index (χ0v) is 19.7. The van der Waals surface area contributed by atoms with Crippen LogP contribution in [0.4, 0.5) is 11.5 Å². The zero-order valence-electron chi connectivity index (χ0n) is 18.1. The van der Waals surface area contributed by atoms with Crippen molar-refractivity contribution in [1.82, 2.24) is 5.16 Å². The molecule has 2 amide bonds. The largest absolute Gasteiger partial charge is 1.00 e. The van der Waals surface area contributed by atoms with Crippen LogP contribution in [0.3, 0.4) is 0 Å². The van der Waals surface area contributed by atoms with Crippen molar-refractivity contribution < 1.29 is 45.6 Å². The quantitative estimate of drug-likeness (QED) is 0.327. The van der Waals surface area contributed by atoms with E-state index in [1.54, 1.807) is 19.2 Å². The summed E-state index contributed by atoms with van der Waals surface area (Å²) in [4.78, 5) is 37.9. The van der Waals surface area contributed by atoms with E-state index in [1.807, 2.05) is 0 Å². The van der Waals surface area contributed by atoms with Crippen molar-refractivity contribution in [2.45, 2.75) is 32.8 Å². The van der Waals surface area contributed by atoms with Gasteiger partial charge in [-0.2, -0.15) is 0 Å². The Bertz CT molecular complexity index is 967. The number of carbonyl (C=O) groups is 3. The number of halogens is 1. The van der Waals surface area contributed by atoms with Crippen molar-refractivity contribution in [3.05, 3.63) is 27.6 Å². The number of nitrogens with zero attached hydrogens (tertiary/aromatic N) is 2. The van der Waals surface area contributed by atoms with Crippen molar-refractivity contribution in [3.63, 3.8) is 0 Å². The minimum absolute atomic E-state index is 0. The molecule has 0 saturated carbocycles. The van der Waals surface area contributed by atoms with Crippen molar-refractivity contribution in [2.24, 2.45) is 0 Å². The molecule has 0 atom stereocenters. The van der Waals surface area contributed by atoms with Gasteiger partial charge < -0.3 is 41.9 Å². The molecule has 3 heterocycles. The molecule has 0 radical (unpaired) electrons. The molecule has 3 N–H and O–H groups in total. The summed E-state index contributed by atoms with van der Waals surface area (Å²) in [5.41, 5.74) is 1.90. The van der Waals surface area contributed by atoms with Crippen molar-refractivity contribution in [2.75, 3.05) is 43.9 Å². The number of hydrogen-bond donors (Lipinski definition) is 3. The van der Waals surface area contributed by atoms with Crippen LogP contribution in [0.15, 0.2) is 16.2 Å². The summed E-state index contributed by atoms with van der Waals surface area (Å²) in [7, 11) is 1.29. The Morgan fingerprint density at radius 2 is 1.81 bits per heavy atom. The fourth-order valence-electron chi connectivity index (χ4n) is 3.68. The van der Waals surface area contributed by atoms with E-state index < -0.39 is 12.1 Å². The van der Waals surface area contributed by atoms with Gasteiger partial charge in [0.25, 0.3) is 11.8 Å². The van der Waals surface area contributed by atoms with Gasteiger partial charge in [0.1, 0.15) is 11.1 Å². The van der Waals surface area contributed by atoms with Crippen LogP contribution in [-0.2, 0) is 14.3 Å². The predicted octanol–water partition coefficient (Wildman–Crippen LogP) is -1.31. The fraction of sp³-hybridized carbons (Fsp3) is 0.500. The molecule has 1 fully saturated rings. The maximum atomic E-state index is 12.9. The minimum Gasteiger partial charge on any atom is -1.00 e. The Morgan fingerprint density at radius 1 is 1.19 bits per heavy atom. The van der Waals surface area contributed by atoms with E-state index in [2.05, 4.69) is 15.8 Å². The van der Waals surface area contributed by atoms with Gasteiger partial charge in [0.15, 0.2) is 18.9 Å². The SMILES string of the molecule is COC(=O)c1scc(C)c1NC(=O)C[N+]1(CC(=O)Nc2nocc2C)CCC(O)CC1.[Cl-]. The Labute approximate surface area is 195 Å². The van der Waals surface area contributed by atoms with E-state index in [0.29, 0.717) is 47.9 Å². The molecule has 12 heteroatoms. The van der Waals surface area contributed by atoms with Crippen molar-refractivity contribution >= 4 is 40.6 Å². The van der Waals surface area contributed by atoms with Gasteiger partial charge in [-0.15, -0.1) is 11.3 Å². The van der Waals surface area contributed by atoms with Crippen LogP contribution in [0.5, 0.6) is 0 Å². The van der Waals surface area contributed by atoms with E-state index in [0.717, 1.165) is 5.56 Å². The Morgan fingerprint density at radius 3 is 2.38 bits per heavy atom. The molecule has 3 rings (SSSR count). The second-order valence-corrected chi connectivity index (χ2v) is 8.77. The van der Waals surface area contributed by atoms with Crippen LogP contribution >= 0.6 is 11.3 Å². The van der Waals surface area contributed by atoms with Crippen molar-refractivity contribution in [1.29, 1.82) is 0 Å². The molecule has 0 aromatic carbocycles. The molecule has 1 saturated heterocycles. The summed E-state index contributed by atoms with van der Waals surface area (Å²) < 4.78 is 9.83. The summed E-state index contributed by atoms with van der Waals surface area (Å²) in [6.45, 7) is 4.61.